The molecule has 0 aliphatic rings. The van der Waals surface area contributed by atoms with Crippen molar-refractivity contribution in [3.63, 3.8) is 0 Å². The van der Waals surface area contributed by atoms with Crippen molar-refractivity contribution in [2.75, 3.05) is 5.32 Å². The molecule has 0 bridgehead atoms. The molecular weight excluding hydrogens is 392 g/mol. The lowest BCUT2D eigenvalue weighted by Crippen LogP contribution is -2.18. The van der Waals surface area contributed by atoms with Crippen molar-refractivity contribution in [1.29, 1.82) is 0 Å². The van der Waals surface area contributed by atoms with Gasteiger partial charge in [0.15, 0.2) is 0 Å². The van der Waals surface area contributed by atoms with Gasteiger partial charge in [0.25, 0.3) is 0 Å². The molecule has 0 aliphatic heterocycles. The second kappa shape index (κ2) is 8.52. The third kappa shape index (κ3) is 5.59. The number of carbonyl (C=O) groups excluding carboxylic acids is 1. The Morgan fingerprint density at radius 1 is 1.04 bits per heavy atom. The first kappa shape index (κ1) is 19.5. The van der Waals surface area contributed by atoms with Gasteiger partial charge in [-0.15, -0.1) is 0 Å². The molecule has 2 N–H and O–H groups in total. The summed E-state index contributed by atoms with van der Waals surface area (Å²) in [5.74, 6) is -2.75. The highest BCUT2D eigenvalue weighted by Gasteiger charge is 2.22. The van der Waals surface area contributed by atoms with E-state index in [0.29, 0.717) is 16.3 Å². The summed E-state index contributed by atoms with van der Waals surface area (Å²) < 4.78 is 13.2. The summed E-state index contributed by atoms with van der Waals surface area (Å²) in [7, 11) is 0. The molecule has 1 amide bonds. The third-order valence-electron chi connectivity index (χ3n) is 3.46. The minimum atomic E-state index is -1.06. The first-order valence-electron chi connectivity index (χ1n) is 7.18. The highest BCUT2D eigenvalue weighted by Crippen LogP contribution is 2.32. The van der Waals surface area contributed by atoms with E-state index in [1.807, 2.05) is 0 Å². The lowest BCUT2D eigenvalue weighted by atomic mass is 9.92. The standard InChI is InChI=1S/C17H13Cl3FNO3/c18-10-1-3-12(13(19)7-10)9(6-17(24)25)5-16(23)22-11-2-4-15(21)14(20)8-11/h1-4,7-9H,5-6H2,(H,22,23)(H,24,25)/t9-/m0/s1. The number of anilines is 1. The van der Waals surface area contributed by atoms with Gasteiger partial charge in [-0.2, -0.15) is 0 Å². The quantitative estimate of drug-likeness (QED) is 0.680. The predicted molar refractivity (Wildman–Crippen MR) is 96.1 cm³/mol. The van der Waals surface area contributed by atoms with Crippen LogP contribution in [-0.4, -0.2) is 17.0 Å². The molecule has 0 fully saturated rings. The average molecular weight is 405 g/mol. The van der Waals surface area contributed by atoms with Gasteiger partial charge in [0.1, 0.15) is 5.82 Å². The van der Waals surface area contributed by atoms with E-state index < -0.39 is 23.6 Å². The zero-order valence-corrected chi connectivity index (χ0v) is 15.0. The van der Waals surface area contributed by atoms with Crippen LogP contribution in [0.4, 0.5) is 10.1 Å². The van der Waals surface area contributed by atoms with E-state index in [-0.39, 0.29) is 22.9 Å². The van der Waals surface area contributed by atoms with Gasteiger partial charge in [0.05, 0.1) is 11.4 Å². The normalized spacial score (nSPS) is 11.8. The van der Waals surface area contributed by atoms with E-state index in [0.717, 1.165) is 6.07 Å². The lowest BCUT2D eigenvalue weighted by Gasteiger charge is -2.17. The molecule has 0 unspecified atom stereocenters. The van der Waals surface area contributed by atoms with Crippen molar-refractivity contribution < 1.29 is 19.1 Å². The summed E-state index contributed by atoms with van der Waals surface area (Å²) in [6, 6.07) is 8.43. The number of carboxylic acid groups (broad SMARTS) is 1. The van der Waals surface area contributed by atoms with Gasteiger partial charge in [0.2, 0.25) is 5.91 Å². The van der Waals surface area contributed by atoms with Crippen LogP contribution in [0.5, 0.6) is 0 Å². The van der Waals surface area contributed by atoms with Gasteiger partial charge in [-0.05, 0) is 35.9 Å². The molecule has 0 saturated heterocycles. The Hall–Kier alpha value is -1.82. The minimum absolute atomic E-state index is 0.122. The first-order valence-corrected chi connectivity index (χ1v) is 8.31. The van der Waals surface area contributed by atoms with Gasteiger partial charge in [-0.3, -0.25) is 9.59 Å². The van der Waals surface area contributed by atoms with Gasteiger partial charge in [-0.25, -0.2) is 4.39 Å². The monoisotopic (exact) mass is 403 g/mol. The van der Waals surface area contributed by atoms with Crippen LogP contribution in [0, 0.1) is 5.82 Å². The molecule has 0 heterocycles. The second-order valence-electron chi connectivity index (χ2n) is 5.34. The van der Waals surface area contributed by atoms with Crippen molar-refractivity contribution in [1.82, 2.24) is 0 Å². The molecule has 0 aromatic heterocycles. The van der Waals surface area contributed by atoms with Gasteiger partial charge in [-0.1, -0.05) is 40.9 Å². The molecule has 0 aliphatic carbocycles. The summed E-state index contributed by atoms with van der Waals surface area (Å²) in [4.78, 5) is 23.4. The van der Waals surface area contributed by atoms with Crippen LogP contribution in [0.2, 0.25) is 15.1 Å². The van der Waals surface area contributed by atoms with Crippen LogP contribution < -0.4 is 5.32 Å². The largest absolute Gasteiger partial charge is 0.481 e. The highest BCUT2D eigenvalue weighted by atomic mass is 35.5. The number of nitrogens with one attached hydrogen (secondary N) is 1. The van der Waals surface area contributed by atoms with Gasteiger partial charge >= 0.3 is 5.97 Å². The SMILES string of the molecule is O=C(O)C[C@H](CC(=O)Nc1ccc(F)c(Cl)c1)c1ccc(Cl)cc1Cl. The summed E-state index contributed by atoms with van der Waals surface area (Å²) in [6.07, 6.45) is -0.401. The van der Waals surface area contributed by atoms with Crippen molar-refractivity contribution in [2.24, 2.45) is 0 Å². The minimum Gasteiger partial charge on any atom is -0.481 e. The van der Waals surface area contributed by atoms with Crippen molar-refractivity contribution in [3.8, 4) is 0 Å². The molecule has 25 heavy (non-hydrogen) atoms. The Balaban J connectivity index is 2.16. The van der Waals surface area contributed by atoms with Gasteiger partial charge in [0, 0.05) is 28.1 Å². The van der Waals surface area contributed by atoms with E-state index in [4.69, 9.17) is 39.9 Å². The fourth-order valence-corrected chi connectivity index (χ4v) is 3.09. The molecule has 0 saturated carbocycles. The van der Waals surface area contributed by atoms with E-state index in [2.05, 4.69) is 5.32 Å². The van der Waals surface area contributed by atoms with Crippen LogP contribution in [0.25, 0.3) is 0 Å². The van der Waals surface area contributed by atoms with E-state index in [9.17, 15) is 14.0 Å². The third-order valence-corrected chi connectivity index (χ3v) is 4.31. The average Bonchev–Trinajstić information content (AvgIpc) is 2.50. The maximum Gasteiger partial charge on any atom is 0.303 e. The van der Waals surface area contributed by atoms with Crippen molar-refractivity contribution in [2.45, 2.75) is 18.8 Å². The van der Waals surface area contributed by atoms with Crippen LogP contribution in [-0.2, 0) is 9.59 Å². The Morgan fingerprint density at radius 2 is 1.76 bits per heavy atom. The summed E-state index contributed by atoms with van der Waals surface area (Å²) >= 11 is 17.6. The van der Waals surface area contributed by atoms with Gasteiger partial charge < -0.3 is 10.4 Å². The Kier molecular flexibility index (Phi) is 6.64. The predicted octanol–water partition coefficient (Wildman–Crippen LogP) is 5.37. The molecular formula is C17H13Cl3FNO3. The molecule has 0 spiro atoms. The maximum absolute atomic E-state index is 13.2. The molecule has 2 aromatic carbocycles. The zero-order valence-electron chi connectivity index (χ0n) is 12.7. The Labute approximate surface area is 158 Å². The Bertz CT molecular complexity index is 814. The zero-order chi connectivity index (χ0) is 18.6. The Morgan fingerprint density at radius 3 is 2.36 bits per heavy atom. The van der Waals surface area contributed by atoms with E-state index >= 15 is 0 Å². The number of aliphatic carboxylic acids is 1. The fraction of sp³-hybridized carbons (Fsp3) is 0.176. The van der Waals surface area contributed by atoms with Crippen LogP contribution in [0.1, 0.15) is 24.3 Å². The smallest absolute Gasteiger partial charge is 0.303 e. The van der Waals surface area contributed by atoms with Crippen LogP contribution in [0.3, 0.4) is 0 Å². The molecule has 2 rings (SSSR count). The first-order chi connectivity index (χ1) is 11.8. The number of benzene rings is 2. The topological polar surface area (TPSA) is 66.4 Å². The number of hydrogen-bond donors (Lipinski definition) is 2. The highest BCUT2D eigenvalue weighted by molar-refractivity contribution is 6.35. The molecule has 8 heteroatoms. The lowest BCUT2D eigenvalue weighted by molar-refractivity contribution is -0.137. The fourth-order valence-electron chi connectivity index (χ4n) is 2.35. The molecule has 0 radical (unpaired) electrons. The number of carboxylic acids is 1. The molecule has 4 nitrogen and oxygen atoms in total. The number of amides is 1. The van der Waals surface area contributed by atoms with Crippen molar-refractivity contribution >= 4 is 52.4 Å². The molecule has 132 valence electrons. The molecule has 2 aromatic rings. The van der Waals surface area contributed by atoms with Crippen LogP contribution >= 0.6 is 34.8 Å². The summed E-state index contributed by atoms with van der Waals surface area (Å²) in [5.41, 5.74) is 0.827. The summed E-state index contributed by atoms with van der Waals surface area (Å²) in [6.45, 7) is 0. The number of carbonyl (C=O) groups is 2. The van der Waals surface area contributed by atoms with E-state index in [1.54, 1.807) is 12.1 Å². The van der Waals surface area contributed by atoms with Crippen LogP contribution in [0.15, 0.2) is 36.4 Å². The number of hydrogen-bond acceptors (Lipinski definition) is 2. The van der Waals surface area contributed by atoms with Crippen molar-refractivity contribution in [3.05, 3.63) is 62.8 Å². The molecule has 1 atom stereocenters. The maximum atomic E-state index is 13.2. The summed E-state index contributed by atoms with van der Waals surface area (Å²) in [5, 5.41) is 12.2. The number of rotatable bonds is 6. The second-order valence-corrected chi connectivity index (χ2v) is 6.59. The number of halogens is 4. The van der Waals surface area contributed by atoms with E-state index in [1.165, 1.54) is 18.2 Å².